The lowest BCUT2D eigenvalue weighted by Gasteiger charge is -2.07. The Balaban J connectivity index is 2.10. The molecule has 0 saturated heterocycles. The van der Waals surface area contributed by atoms with Crippen LogP contribution in [-0.4, -0.2) is 16.1 Å². The summed E-state index contributed by atoms with van der Waals surface area (Å²) in [5.41, 5.74) is 2.47. The fraction of sp³-hybridized carbons (Fsp3) is 0.462. The Morgan fingerprint density at radius 3 is 2.88 bits per heavy atom. The Morgan fingerprint density at radius 1 is 1.41 bits per heavy atom. The minimum absolute atomic E-state index is 0.882. The maximum Gasteiger partial charge on any atom is 0.113 e. The van der Waals surface area contributed by atoms with E-state index < -0.39 is 0 Å². The second-order valence-electron chi connectivity index (χ2n) is 4.16. The highest BCUT2D eigenvalue weighted by Gasteiger charge is 2.06. The summed E-state index contributed by atoms with van der Waals surface area (Å²) in [4.78, 5) is 5.90. The van der Waals surface area contributed by atoms with Crippen molar-refractivity contribution < 1.29 is 0 Å². The summed E-state index contributed by atoms with van der Waals surface area (Å²) >= 11 is 1.79. The van der Waals surface area contributed by atoms with Gasteiger partial charge in [-0.2, -0.15) is 0 Å². The van der Waals surface area contributed by atoms with E-state index in [0.717, 1.165) is 25.3 Å². The van der Waals surface area contributed by atoms with Crippen LogP contribution in [-0.2, 0) is 13.1 Å². The predicted molar refractivity (Wildman–Crippen MR) is 72.5 cm³/mol. The van der Waals surface area contributed by atoms with Crippen molar-refractivity contribution in [3.8, 4) is 0 Å². The van der Waals surface area contributed by atoms with Crippen LogP contribution in [0.5, 0.6) is 0 Å². The maximum atomic E-state index is 4.58. The zero-order chi connectivity index (χ0) is 12.3. The van der Waals surface area contributed by atoms with Crippen molar-refractivity contribution in [2.75, 3.05) is 6.54 Å². The highest BCUT2D eigenvalue weighted by atomic mass is 32.1. The van der Waals surface area contributed by atoms with E-state index in [2.05, 4.69) is 54.0 Å². The Kier molecular flexibility index (Phi) is 3.97. The summed E-state index contributed by atoms with van der Waals surface area (Å²) in [7, 11) is 0. The average Bonchev–Trinajstić information content (AvgIpc) is 2.85. The number of hydrogen-bond donors (Lipinski definition) is 1. The molecule has 2 rings (SSSR count). The molecular weight excluding hydrogens is 230 g/mol. The second kappa shape index (κ2) is 5.47. The number of aryl methyl sites for hydroxylation is 2. The van der Waals surface area contributed by atoms with Gasteiger partial charge in [-0.15, -0.1) is 11.3 Å². The van der Waals surface area contributed by atoms with E-state index in [4.69, 9.17) is 0 Å². The molecule has 17 heavy (non-hydrogen) atoms. The molecule has 0 saturated carbocycles. The summed E-state index contributed by atoms with van der Waals surface area (Å²) in [5.74, 6) is 0. The van der Waals surface area contributed by atoms with Crippen molar-refractivity contribution in [2.45, 2.75) is 33.9 Å². The van der Waals surface area contributed by atoms with Crippen molar-refractivity contribution in [2.24, 2.45) is 0 Å². The number of nitrogens with zero attached hydrogens (tertiary/aromatic N) is 2. The maximum absolute atomic E-state index is 4.58. The molecule has 0 atom stereocenters. The number of hydrogen-bond acceptors (Lipinski definition) is 3. The molecular formula is C13H19N3S. The first-order valence-corrected chi connectivity index (χ1v) is 6.80. The zero-order valence-corrected chi connectivity index (χ0v) is 11.5. The molecule has 4 heteroatoms. The lowest BCUT2D eigenvalue weighted by Crippen LogP contribution is -2.15. The molecule has 0 bridgehead atoms. The Labute approximate surface area is 107 Å². The van der Waals surface area contributed by atoms with Gasteiger partial charge in [0, 0.05) is 23.3 Å². The Bertz CT molecular complexity index is 465. The first kappa shape index (κ1) is 12.3. The van der Waals surface area contributed by atoms with E-state index in [1.807, 2.05) is 0 Å². The van der Waals surface area contributed by atoms with E-state index in [9.17, 15) is 0 Å². The van der Waals surface area contributed by atoms with Crippen LogP contribution in [0.3, 0.4) is 0 Å². The number of aromatic nitrogens is 2. The van der Waals surface area contributed by atoms with Crippen LogP contribution in [0, 0.1) is 13.8 Å². The SMILES string of the molecule is CCNCc1cccn1Cc1nc(C)c(C)s1. The number of nitrogens with one attached hydrogen (secondary N) is 1. The molecule has 2 heterocycles. The molecule has 0 aliphatic rings. The third-order valence-corrected chi connectivity index (χ3v) is 3.92. The van der Waals surface area contributed by atoms with Crippen LogP contribution in [0.4, 0.5) is 0 Å². The van der Waals surface area contributed by atoms with Gasteiger partial charge in [0.15, 0.2) is 0 Å². The molecule has 2 aromatic rings. The fourth-order valence-electron chi connectivity index (χ4n) is 1.77. The predicted octanol–water partition coefficient (Wildman–Crippen LogP) is 2.72. The fourth-order valence-corrected chi connectivity index (χ4v) is 2.70. The van der Waals surface area contributed by atoms with E-state index in [0.29, 0.717) is 0 Å². The van der Waals surface area contributed by atoms with Gasteiger partial charge in [-0.25, -0.2) is 4.98 Å². The third kappa shape index (κ3) is 2.96. The molecule has 0 radical (unpaired) electrons. The molecule has 0 aromatic carbocycles. The highest BCUT2D eigenvalue weighted by Crippen LogP contribution is 2.18. The van der Waals surface area contributed by atoms with Crippen LogP contribution in [0.1, 0.15) is 28.2 Å². The van der Waals surface area contributed by atoms with Crippen LogP contribution >= 0.6 is 11.3 Å². The normalized spacial score (nSPS) is 11.0. The first-order chi connectivity index (χ1) is 8.20. The molecule has 3 nitrogen and oxygen atoms in total. The molecule has 0 spiro atoms. The topological polar surface area (TPSA) is 29.9 Å². The number of rotatable bonds is 5. The molecule has 0 aliphatic carbocycles. The van der Waals surface area contributed by atoms with E-state index in [1.54, 1.807) is 11.3 Å². The summed E-state index contributed by atoms with van der Waals surface area (Å²) in [6.07, 6.45) is 2.12. The van der Waals surface area contributed by atoms with Crippen LogP contribution in [0.15, 0.2) is 18.3 Å². The van der Waals surface area contributed by atoms with Crippen molar-refractivity contribution in [3.05, 3.63) is 39.6 Å². The van der Waals surface area contributed by atoms with Crippen molar-refractivity contribution in [3.63, 3.8) is 0 Å². The summed E-state index contributed by atoms with van der Waals surface area (Å²) < 4.78 is 2.26. The largest absolute Gasteiger partial charge is 0.343 e. The zero-order valence-electron chi connectivity index (χ0n) is 10.7. The highest BCUT2D eigenvalue weighted by molar-refractivity contribution is 7.11. The standard InChI is InChI=1S/C13H19N3S/c1-4-14-8-12-6-5-7-16(12)9-13-15-10(2)11(3)17-13/h5-7,14H,4,8-9H2,1-3H3. The van der Waals surface area contributed by atoms with E-state index in [-0.39, 0.29) is 0 Å². The third-order valence-electron chi connectivity index (χ3n) is 2.86. The molecule has 92 valence electrons. The lowest BCUT2D eigenvalue weighted by molar-refractivity contribution is 0.656. The minimum atomic E-state index is 0.882. The van der Waals surface area contributed by atoms with Gasteiger partial charge in [-0.1, -0.05) is 6.92 Å². The molecule has 0 unspecified atom stereocenters. The summed E-state index contributed by atoms with van der Waals surface area (Å²) in [5, 5.41) is 4.54. The molecule has 0 fully saturated rings. The average molecular weight is 249 g/mol. The van der Waals surface area contributed by atoms with Gasteiger partial charge in [0.1, 0.15) is 5.01 Å². The van der Waals surface area contributed by atoms with Gasteiger partial charge in [0.05, 0.1) is 12.2 Å². The van der Waals surface area contributed by atoms with Crippen molar-refractivity contribution >= 4 is 11.3 Å². The Hall–Kier alpha value is -1.13. The summed E-state index contributed by atoms with van der Waals surface area (Å²) in [6.45, 7) is 9.14. The lowest BCUT2D eigenvalue weighted by atomic mass is 10.4. The van der Waals surface area contributed by atoms with E-state index >= 15 is 0 Å². The van der Waals surface area contributed by atoms with Gasteiger partial charge >= 0.3 is 0 Å². The van der Waals surface area contributed by atoms with Gasteiger partial charge in [0.2, 0.25) is 0 Å². The minimum Gasteiger partial charge on any atom is -0.343 e. The smallest absolute Gasteiger partial charge is 0.113 e. The molecule has 1 N–H and O–H groups in total. The second-order valence-corrected chi connectivity index (χ2v) is 5.44. The van der Waals surface area contributed by atoms with Gasteiger partial charge in [-0.05, 0) is 32.5 Å². The van der Waals surface area contributed by atoms with Gasteiger partial charge in [0.25, 0.3) is 0 Å². The molecule has 2 aromatic heterocycles. The number of thiazole rings is 1. The molecule has 0 amide bonds. The quantitative estimate of drug-likeness (QED) is 0.883. The van der Waals surface area contributed by atoms with Crippen LogP contribution in [0.25, 0.3) is 0 Å². The van der Waals surface area contributed by atoms with Gasteiger partial charge in [-0.3, -0.25) is 0 Å². The van der Waals surface area contributed by atoms with Crippen molar-refractivity contribution in [1.82, 2.24) is 14.9 Å². The summed E-state index contributed by atoms with van der Waals surface area (Å²) in [6, 6.07) is 4.26. The Morgan fingerprint density at radius 2 is 2.24 bits per heavy atom. The van der Waals surface area contributed by atoms with Crippen LogP contribution in [0.2, 0.25) is 0 Å². The van der Waals surface area contributed by atoms with Gasteiger partial charge < -0.3 is 9.88 Å². The monoisotopic (exact) mass is 249 g/mol. The molecule has 0 aliphatic heterocycles. The van der Waals surface area contributed by atoms with E-state index in [1.165, 1.54) is 15.6 Å². The van der Waals surface area contributed by atoms with Crippen LogP contribution < -0.4 is 5.32 Å². The van der Waals surface area contributed by atoms with Crippen molar-refractivity contribution in [1.29, 1.82) is 0 Å². The first-order valence-electron chi connectivity index (χ1n) is 5.98.